The molecule has 0 aromatic heterocycles. The molecule has 1 aliphatic heterocycles. The maximum absolute atomic E-state index is 13.2. The largest absolute Gasteiger partial charge is 0.465 e. The average Bonchev–Trinajstić information content (AvgIpc) is 2.64. The maximum Gasteiger partial charge on any atom is 0.338 e. The summed E-state index contributed by atoms with van der Waals surface area (Å²) >= 11 is 0. The fourth-order valence-corrected chi connectivity index (χ4v) is 4.12. The molecule has 6 heteroatoms. The van der Waals surface area contributed by atoms with Gasteiger partial charge in [-0.3, -0.25) is 4.79 Å². The lowest BCUT2D eigenvalue weighted by Crippen LogP contribution is -2.50. The number of carbonyl (C=O) groups is 2. The number of benzene rings is 1. The molecule has 0 spiro atoms. The Balaban J connectivity index is 2.20. The molecule has 2 rings (SSSR count). The monoisotopic (exact) mass is 391 g/mol. The third-order valence-corrected chi connectivity index (χ3v) is 10.4. The normalized spacial score (nSPS) is 18.3. The summed E-state index contributed by atoms with van der Waals surface area (Å²) < 4.78 is 11.2. The van der Waals surface area contributed by atoms with Gasteiger partial charge in [-0.15, -0.1) is 0 Å². The van der Waals surface area contributed by atoms with E-state index in [0.29, 0.717) is 24.3 Å². The highest BCUT2D eigenvalue weighted by Gasteiger charge is 2.39. The molecule has 1 amide bonds. The number of rotatable bonds is 5. The van der Waals surface area contributed by atoms with E-state index in [0.717, 1.165) is 19.3 Å². The van der Waals surface area contributed by atoms with Crippen LogP contribution in [0.2, 0.25) is 18.1 Å². The van der Waals surface area contributed by atoms with Crippen molar-refractivity contribution in [2.75, 3.05) is 20.3 Å². The first kappa shape index (κ1) is 21.6. The van der Waals surface area contributed by atoms with Crippen LogP contribution in [0.15, 0.2) is 24.3 Å². The molecule has 1 aliphatic rings. The number of likely N-dealkylation sites (tertiary alicyclic amines) is 1. The van der Waals surface area contributed by atoms with Crippen molar-refractivity contribution >= 4 is 20.2 Å². The van der Waals surface area contributed by atoms with E-state index in [-0.39, 0.29) is 17.0 Å². The molecule has 1 heterocycles. The number of hydrogen-bond donors (Lipinski definition) is 0. The standard InChI is InChI=1S/C21H33NO4Si/c1-21(2,3)27(5,6)26-15-16-11-9-10-14-22(16)19(23)17-12-7-8-13-18(17)20(24)25-4/h7-8,12-13,16H,9-11,14-15H2,1-6H3/t16-/m0/s1. The second-order valence-corrected chi connectivity index (χ2v) is 13.6. The van der Waals surface area contributed by atoms with E-state index in [9.17, 15) is 9.59 Å². The highest BCUT2D eigenvalue weighted by Crippen LogP contribution is 2.37. The summed E-state index contributed by atoms with van der Waals surface area (Å²) in [6.07, 6.45) is 3.00. The molecular weight excluding hydrogens is 358 g/mol. The molecule has 0 bridgehead atoms. The van der Waals surface area contributed by atoms with E-state index in [1.165, 1.54) is 7.11 Å². The molecule has 1 atom stereocenters. The van der Waals surface area contributed by atoms with E-state index >= 15 is 0 Å². The molecule has 0 N–H and O–H groups in total. The summed E-state index contributed by atoms with van der Waals surface area (Å²) in [4.78, 5) is 27.2. The summed E-state index contributed by atoms with van der Waals surface area (Å²) in [5, 5.41) is 0.133. The van der Waals surface area contributed by atoms with Gasteiger partial charge in [0, 0.05) is 6.54 Å². The van der Waals surface area contributed by atoms with Crippen molar-refractivity contribution in [1.82, 2.24) is 4.90 Å². The summed E-state index contributed by atoms with van der Waals surface area (Å²) in [5.74, 6) is -0.593. The number of amides is 1. The molecule has 1 aromatic rings. The Labute approximate surface area is 164 Å². The SMILES string of the molecule is COC(=O)c1ccccc1C(=O)N1CCCC[C@H]1CO[Si](C)(C)C(C)(C)C. The first-order valence-corrected chi connectivity index (χ1v) is 12.6. The van der Waals surface area contributed by atoms with Crippen LogP contribution >= 0.6 is 0 Å². The Morgan fingerprint density at radius 2 is 1.78 bits per heavy atom. The summed E-state index contributed by atoms with van der Waals surface area (Å²) in [7, 11) is -0.546. The van der Waals surface area contributed by atoms with Crippen molar-refractivity contribution in [3.8, 4) is 0 Å². The van der Waals surface area contributed by atoms with Gasteiger partial charge < -0.3 is 14.1 Å². The molecule has 1 fully saturated rings. The Hall–Kier alpha value is -1.66. The van der Waals surface area contributed by atoms with Crippen LogP contribution in [0.4, 0.5) is 0 Å². The third kappa shape index (κ3) is 4.99. The van der Waals surface area contributed by atoms with E-state index in [2.05, 4.69) is 33.9 Å². The Morgan fingerprint density at radius 1 is 1.15 bits per heavy atom. The minimum absolute atomic E-state index is 0.0473. The maximum atomic E-state index is 13.2. The van der Waals surface area contributed by atoms with Crippen molar-refractivity contribution in [2.24, 2.45) is 0 Å². The predicted molar refractivity (Wildman–Crippen MR) is 110 cm³/mol. The van der Waals surface area contributed by atoms with Gasteiger partial charge in [-0.25, -0.2) is 4.79 Å². The number of esters is 1. The van der Waals surface area contributed by atoms with Gasteiger partial charge in [-0.05, 0) is 49.5 Å². The van der Waals surface area contributed by atoms with Crippen molar-refractivity contribution in [3.63, 3.8) is 0 Å². The smallest absolute Gasteiger partial charge is 0.338 e. The van der Waals surface area contributed by atoms with Crippen molar-refractivity contribution in [1.29, 1.82) is 0 Å². The molecule has 150 valence electrons. The molecule has 0 aliphatic carbocycles. The third-order valence-electron chi connectivity index (χ3n) is 5.89. The van der Waals surface area contributed by atoms with Crippen LogP contribution in [0.25, 0.3) is 0 Å². The summed E-state index contributed by atoms with van der Waals surface area (Å²) in [6.45, 7) is 12.4. The van der Waals surface area contributed by atoms with Crippen LogP contribution in [-0.2, 0) is 9.16 Å². The number of piperidine rings is 1. The first-order valence-electron chi connectivity index (χ1n) is 9.71. The van der Waals surface area contributed by atoms with E-state index in [1.807, 2.05) is 4.90 Å². The lowest BCUT2D eigenvalue weighted by molar-refractivity contribution is 0.0498. The number of nitrogens with zero attached hydrogens (tertiary/aromatic N) is 1. The average molecular weight is 392 g/mol. The van der Waals surface area contributed by atoms with Gasteiger partial charge in [-0.1, -0.05) is 32.9 Å². The van der Waals surface area contributed by atoms with Crippen molar-refractivity contribution in [2.45, 2.75) is 64.2 Å². The Morgan fingerprint density at radius 3 is 2.37 bits per heavy atom. The van der Waals surface area contributed by atoms with Gasteiger partial charge in [0.1, 0.15) is 0 Å². The Bertz CT molecular complexity index is 681. The molecule has 0 radical (unpaired) electrons. The molecule has 0 unspecified atom stereocenters. The van der Waals surface area contributed by atoms with Gasteiger partial charge in [0.2, 0.25) is 0 Å². The number of methoxy groups -OCH3 is 1. The summed E-state index contributed by atoms with van der Waals surface area (Å²) in [5.41, 5.74) is 0.725. The molecule has 5 nitrogen and oxygen atoms in total. The van der Waals surface area contributed by atoms with Crippen LogP contribution in [0.5, 0.6) is 0 Å². The lowest BCUT2D eigenvalue weighted by atomic mass is 9.99. The minimum atomic E-state index is -1.88. The fraction of sp³-hybridized carbons (Fsp3) is 0.619. The van der Waals surface area contributed by atoms with Crippen LogP contribution in [0.1, 0.15) is 60.7 Å². The fourth-order valence-electron chi connectivity index (χ4n) is 3.07. The summed E-state index contributed by atoms with van der Waals surface area (Å²) in [6, 6.07) is 6.92. The van der Waals surface area contributed by atoms with E-state index < -0.39 is 14.3 Å². The zero-order chi connectivity index (χ0) is 20.2. The molecule has 0 saturated carbocycles. The number of hydrogen-bond acceptors (Lipinski definition) is 4. The van der Waals surface area contributed by atoms with Gasteiger partial charge in [0.25, 0.3) is 5.91 Å². The number of ether oxygens (including phenoxy) is 1. The lowest BCUT2D eigenvalue weighted by Gasteiger charge is -2.41. The highest BCUT2D eigenvalue weighted by molar-refractivity contribution is 6.74. The highest BCUT2D eigenvalue weighted by atomic mass is 28.4. The van der Waals surface area contributed by atoms with Crippen LogP contribution < -0.4 is 0 Å². The topological polar surface area (TPSA) is 55.8 Å². The quantitative estimate of drug-likeness (QED) is 0.548. The predicted octanol–water partition coefficient (Wildman–Crippen LogP) is 4.49. The van der Waals surface area contributed by atoms with Crippen LogP contribution in [-0.4, -0.2) is 51.4 Å². The van der Waals surface area contributed by atoms with E-state index in [4.69, 9.17) is 9.16 Å². The van der Waals surface area contributed by atoms with Gasteiger partial charge >= 0.3 is 5.97 Å². The van der Waals surface area contributed by atoms with Gasteiger partial charge in [0.15, 0.2) is 8.32 Å². The molecule has 1 saturated heterocycles. The van der Waals surface area contributed by atoms with Gasteiger partial charge in [0.05, 0.1) is 30.9 Å². The van der Waals surface area contributed by atoms with Crippen molar-refractivity contribution in [3.05, 3.63) is 35.4 Å². The first-order chi connectivity index (χ1) is 12.6. The number of carbonyl (C=O) groups excluding carboxylic acids is 2. The second-order valence-electron chi connectivity index (χ2n) is 8.76. The van der Waals surface area contributed by atoms with E-state index in [1.54, 1.807) is 24.3 Å². The molecule has 27 heavy (non-hydrogen) atoms. The van der Waals surface area contributed by atoms with Crippen LogP contribution in [0.3, 0.4) is 0 Å². The van der Waals surface area contributed by atoms with Gasteiger partial charge in [-0.2, -0.15) is 0 Å². The zero-order valence-electron chi connectivity index (χ0n) is 17.5. The molecular formula is C21H33NO4Si. The Kier molecular flexibility index (Phi) is 6.86. The van der Waals surface area contributed by atoms with Crippen molar-refractivity contribution < 1.29 is 18.8 Å². The second kappa shape index (κ2) is 8.57. The van der Waals surface area contributed by atoms with Crippen LogP contribution in [0, 0.1) is 0 Å². The zero-order valence-corrected chi connectivity index (χ0v) is 18.5. The molecule has 1 aromatic carbocycles. The minimum Gasteiger partial charge on any atom is -0.465 e.